The summed E-state index contributed by atoms with van der Waals surface area (Å²) in [5.41, 5.74) is 2.28. The van der Waals surface area contributed by atoms with Crippen molar-refractivity contribution in [2.24, 2.45) is 0 Å². The number of ether oxygens (including phenoxy) is 1. The van der Waals surface area contributed by atoms with Gasteiger partial charge in [0.15, 0.2) is 6.10 Å². The number of nitrogens with zero attached hydrogens (tertiary/aromatic N) is 1. The van der Waals surface area contributed by atoms with Gasteiger partial charge >= 0.3 is 5.97 Å². The van der Waals surface area contributed by atoms with E-state index in [1.807, 2.05) is 31.2 Å². The fourth-order valence-corrected chi connectivity index (χ4v) is 3.46. The lowest BCUT2D eigenvalue weighted by molar-refractivity contribution is -0.152. The summed E-state index contributed by atoms with van der Waals surface area (Å²) >= 11 is 5.85. The van der Waals surface area contributed by atoms with E-state index in [1.165, 1.54) is 13.0 Å². The standard InChI is InChI=1S/C21H21ClN2O4/c1-13-10-15-6-3-4-9-18(15)24(13)21(27)14(2)28-19(25)12-23-20(26)16-7-5-8-17(22)11-16/h3-9,11,13-14H,10,12H2,1-2H3,(H,23,26)/t13-,14-/m0/s1. The van der Waals surface area contributed by atoms with Crippen LogP contribution >= 0.6 is 11.6 Å². The lowest BCUT2D eigenvalue weighted by atomic mass is 10.1. The summed E-state index contributed by atoms with van der Waals surface area (Å²) < 4.78 is 5.23. The number of carbonyl (C=O) groups is 3. The molecule has 2 aromatic carbocycles. The SMILES string of the molecule is C[C@H](OC(=O)CNC(=O)c1cccc(Cl)c1)C(=O)N1c2ccccc2C[C@@H]1C. The van der Waals surface area contributed by atoms with Crippen LogP contribution in [0.5, 0.6) is 0 Å². The number of amides is 2. The van der Waals surface area contributed by atoms with Crippen molar-refractivity contribution in [3.63, 3.8) is 0 Å². The molecule has 0 aromatic heterocycles. The van der Waals surface area contributed by atoms with Gasteiger partial charge < -0.3 is 15.0 Å². The average Bonchev–Trinajstić information content (AvgIpc) is 3.01. The second-order valence-corrected chi connectivity index (χ2v) is 7.15. The highest BCUT2D eigenvalue weighted by atomic mass is 35.5. The van der Waals surface area contributed by atoms with Crippen LogP contribution in [0.1, 0.15) is 29.8 Å². The zero-order valence-corrected chi connectivity index (χ0v) is 16.4. The summed E-state index contributed by atoms with van der Waals surface area (Å²) in [5, 5.41) is 2.89. The first kappa shape index (κ1) is 19.9. The van der Waals surface area contributed by atoms with Crippen molar-refractivity contribution < 1.29 is 19.1 Å². The third-order valence-electron chi connectivity index (χ3n) is 4.58. The van der Waals surface area contributed by atoms with Crippen molar-refractivity contribution in [1.82, 2.24) is 5.32 Å². The topological polar surface area (TPSA) is 75.7 Å². The van der Waals surface area contributed by atoms with Gasteiger partial charge in [0.1, 0.15) is 6.54 Å². The highest BCUT2D eigenvalue weighted by Crippen LogP contribution is 2.32. The monoisotopic (exact) mass is 400 g/mol. The van der Waals surface area contributed by atoms with E-state index < -0.39 is 18.0 Å². The van der Waals surface area contributed by atoms with Crippen molar-refractivity contribution in [2.45, 2.75) is 32.4 Å². The number of fused-ring (bicyclic) bond motifs is 1. The number of benzene rings is 2. The third kappa shape index (κ3) is 4.34. The predicted molar refractivity (Wildman–Crippen MR) is 106 cm³/mol. The molecule has 2 amide bonds. The Hall–Kier alpha value is -2.86. The molecule has 6 nitrogen and oxygen atoms in total. The molecule has 1 aliphatic heterocycles. The van der Waals surface area contributed by atoms with Gasteiger partial charge in [0, 0.05) is 22.3 Å². The minimum absolute atomic E-state index is 0.00594. The van der Waals surface area contributed by atoms with Crippen molar-refractivity contribution in [2.75, 3.05) is 11.4 Å². The first-order valence-electron chi connectivity index (χ1n) is 9.01. The minimum Gasteiger partial charge on any atom is -0.451 e. The van der Waals surface area contributed by atoms with Crippen LogP contribution in [0, 0.1) is 0 Å². The summed E-state index contributed by atoms with van der Waals surface area (Å²) in [6.45, 7) is 3.15. The van der Waals surface area contributed by atoms with Crippen molar-refractivity contribution in [1.29, 1.82) is 0 Å². The van der Waals surface area contributed by atoms with E-state index in [9.17, 15) is 14.4 Å². The zero-order valence-electron chi connectivity index (χ0n) is 15.6. The maximum Gasteiger partial charge on any atom is 0.326 e. The molecule has 0 fully saturated rings. The Kier molecular flexibility index (Phi) is 5.99. The second kappa shape index (κ2) is 8.44. The Morgan fingerprint density at radius 3 is 2.71 bits per heavy atom. The number of nitrogens with one attached hydrogen (secondary N) is 1. The van der Waals surface area contributed by atoms with E-state index in [0.717, 1.165) is 17.7 Å². The molecule has 1 N–H and O–H groups in total. The molecular weight excluding hydrogens is 380 g/mol. The largest absolute Gasteiger partial charge is 0.451 e. The maximum atomic E-state index is 12.8. The lowest BCUT2D eigenvalue weighted by Crippen LogP contribution is -2.44. The van der Waals surface area contributed by atoms with Crippen molar-refractivity contribution in [3.8, 4) is 0 Å². The first-order chi connectivity index (χ1) is 13.4. The minimum atomic E-state index is -0.954. The molecule has 1 aliphatic rings. The summed E-state index contributed by atoms with van der Waals surface area (Å²) in [6, 6.07) is 14.1. The van der Waals surface area contributed by atoms with Crippen LogP contribution in [0.25, 0.3) is 0 Å². The van der Waals surface area contributed by atoms with Gasteiger partial charge in [-0.25, -0.2) is 0 Å². The highest BCUT2D eigenvalue weighted by molar-refractivity contribution is 6.31. The fraction of sp³-hybridized carbons (Fsp3) is 0.286. The Bertz CT molecular complexity index is 915. The number of hydrogen-bond donors (Lipinski definition) is 1. The van der Waals surface area contributed by atoms with Crippen LogP contribution in [0.3, 0.4) is 0 Å². The highest BCUT2D eigenvalue weighted by Gasteiger charge is 2.34. The van der Waals surface area contributed by atoms with Crippen LogP contribution in [0.4, 0.5) is 5.69 Å². The first-order valence-corrected chi connectivity index (χ1v) is 9.39. The van der Waals surface area contributed by atoms with Crippen molar-refractivity contribution in [3.05, 3.63) is 64.7 Å². The number of esters is 1. The number of rotatable bonds is 5. The molecule has 3 rings (SSSR count). The zero-order chi connectivity index (χ0) is 20.3. The van der Waals surface area contributed by atoms with E-state index in [4.69, 9.17) is 16.3 Å². The molecule has 0 bridgehead atoms. The molecule has 0 spiro atoms. The molecule has 0 aliphatic carbocycles. The van der Waals surface area contributed by atoms with E-state index in [1.54, 1.807) is 23.1 Å². The number of anilines is 1. The molecular formula is C21H21ClN2O4. The van der Waals surface area contributed by atoms with Crippen LogP contribution in [-0.2, 0) is 20.7 Å². The van der Waals surface area contributed by atoms with Gasteiger partial charge in [0.25, 0.3) is 11.8 Å². The molecule has 2 aromatic rings. The molecule has 7 heteroatoms. The van der Waals surface area contributed by atoms with E-state index in [2.05, 4.69) is 5.32 Å². The molecule has 28 heavy (non-hydrogen) atoms. The number of hydrogen-bond acceptors (Lipinski definition) is 4. The Balaban J connectivity index is 1.55. The van der Waals surface area contributed by atoms with Crippen LogP contribution < -0.4 is 10.2 Å². The third-order valence-corrected chi connectivity index (χ3v) is 4.82. The maximum absolute atomic E-state index is 12.8. The Labute approximate surface area is 168 Å². The summed E-state index contributed by atoms with van der Waals surface area (Å²) in [7, 11) is 0. The van der Waals surface area contributed by atoms with Gasteiger partial charge in [0.2, 0.25) is 0 Å². The van der Waals surface area contributed by atoms with E-state index in [0.29, 0.717) is 10.6 Å². The number of carbonyl (C=O) groups excluding carboxylic acids is 3. The Morgan fingerprint density at radius 1 is 1.21 bits per heavy atom. The number of halogens is 1. The lowest BCUT2D eigenvalue weighted by Gasteiger charge is -2.26. The number of para-hydroxylation sites is 1. The van der Waals surface area contributed by atoms with E-state index in [-0.39, 0.29) is 18.5 Å². The van der Waals surface area contributed by atoms with Gasteiger partial charge in [-0.1, -0.05) is 35.9 Å². The molecule has 1 heterocycles. The van der Waals surface area contributed by atoms with Gasteiger partial charge in [-0.15, -0.1) is 0 Å². The molecule has 0 saturated heterocycles. The van der Waals surface area contributed by atoms with Gasteiger partial charge in [-0.2, -0.15) is 0 Å². The van der Waals surface area contributed by atoms with Gasteiger partial charge in [-0.05, 0) is 50.1 Å². The molecule has 2 atom stereocenters. The Morgan fingerprint density at radius 2 is 1.96 bits per heavy atom. The quantitative estimate of drug-likeness (QED) is 0.783. The van der Waals surface area contributed by atoms with Gasteiger partial charge in [-0.3, -0.25) is 14.4 Å². The summed E-state index contributed by atoms with van der Waals surface area (Å²) in [6.07, 6.45) is -0.192. The average molecular weight is 401 g/mol. The molecule has 0 unspecified atom stereocenters. The van der Waals surface area contributed by atoms with Crippen molar-refractivity contribution >= 4 is 35.1 Å². The molecule has 146 valence electrons. The van der Waals surface area contributed by atoms with E-state index >= 15 is 0 Å². The fourth-order valence-electron chi connectivity index (χ4n) is 3.27. The second-order valence-electron chi connectivity index (χ2n) is 6.72. The summed E-state index contributed by atoms with van der Waals surface area (Å²) in [4.78, 5) is 38.6. The van der Waals surface area contributed by atoms with Crippen LogP contribution in [0.15, 0.2) is 48.5 Å². The summed E-state index contributed by atoms with van der Waals surface area (Å²) in [5.74, 6) is -1.41. The molecule has 0 radical (unpaired) electrons. The van der Waals surface area contributed by atoms with Crippen LogP contribution in [0.2, 0.25) is 5.02 Å². The normalized spacial score (nSPS) is 16.2. The van der Waals surface area contributed by atoms with Crippen LogP contribution in [-0.4, -0.2) is 36.5 Å². The predicted octanol–water partition coefficient (Wildman–Crippen LogP) is 2.98. The van der Waals surface area contributed by atoms with Gasteiger partial charge in [0.05, 0.1) is 0 Å². The molecule has 0 saturated carbocycles. The smallest absolute Gasteiger partial charge is 0.326 e.